The van der Waals surface area contributed by atoms with Gasteiger partial charge in [-0.1, -0.05) is 0 Å². The molecule has 2 aliphatic rings. The van der Waals surface area contributed by atoms with E-state index in [-0.39, 0.29) is 11.8 Å². The Morgan fingerprint density at radius 3 is 2.37 bits per heavy atom. The molecule has 27 heavy (non-hydrogen) atoms. The molecule has 4 rings (SSSR count). The van der Waals surface area contributed by atoms with Gasteiger partial charge in [-0.2, -0.15) is 0 Å². The second kappa shape index (κ2) is 7.46. The number of carbonyl (C=O) groups is 2. The molecule has 0 atom stereocenters. The van der Waals surface area contributed by atoms with E-state index in [9.17, 15) is 9.59 Å². The Balaban J connectivity index is 1.43. The van der Waals surface area contributed by atoms with E-state index in [2.05, 4.69) is 4.98 Å². The van der Waals surface area contributed by atoms with Crippen LogP contribution >= 0.6 is 11.3 Å². The molecule has 0 saturated carbocycles. The lowest BCUT2D eigenvalue weighted by Gasteiger charge is -2.21. The summed E-state index contributed by atoms with van der Waals surface area (Å²) in [5.74, 6) is 1.40. The Kier molecular flexibility index (Phi) is 5.04. The van der Waals surface area contributed by atoms with Crippen LogP contribution in [0.4, 0.5) is 0 Å². The molecule has 1 aliphatic heterocycles. The van der Waals surface area contributed by atoms with Crippen molar-refractivity contribution in [3.8, 4) is 0 Å². The number of rotatable bonds is 2. The molecule has 6 nitrogen and oxygen atoms in total. The summed E-state index contributed by atoms with van der Waals surface area (Å²) < 4.78 is 5.50. The quantitative estimate of drug-likeness (QED) is 0.794. The van der Waals surface area contributed by atoms with Gasteiger partial charge < -0.3 is 14.2 Å². The van der Waals surface area contributed by atoms with Crippen molar-refractivity contribution in [2.75, 3.05) is 26.2 Å². The molecule has 0 radical (unpaired) electrons. The summed E-state index contributed by atoms with van der Waals surface area (Å²) in [6, 6.07) is 1.80. The van der Waals surface area contributed by atoms with Gasteiger partial charge in [-0.15, -0.1) is 11.3 Å². The highest BCUT2D eigenvalue weighted by atomic mass is 32.1. The maximum absolute atomic E-state index is 12.9. The predicted octanol–water partition coefficient (Wildman–Crippen LogP) is 3.22. The SMILES string of the molecule is Cc1cc(C(=O)N2CCCN(C(=O)c3nc4c(s3)CCCC4)CC2)c(C)o1. The van der Waals surface area contributed by atoms with Crippen LogP contribution in [0.1, 0.15) is 61.5 Å². The fourth-order valence-corrected chi connectivity index (χ4v) is 5.03. The second-order valence-corrected chi connectivity index (χ2v) is 8.44. The summed E-state index contributed by atoms with van der Waals surface area (Å²) >= 11 is 1.56. The molecule has 0 bridgehead atoms. The first-order valence-electron chi connectivity index (χ1n) is 9.67. The van der Waals surface area contributed by atoms with Crippen LogP contribution in [0, 0.1) is 13.8 Å². The van der Waals surface area contributed by atoms with Crippen LogP contribution in [-0.4, -0.2) is 52.8 Å². The van der Waals surface area contributed by atoms with Gasteiger partial charge in [-0.25, -0.2) is 4.98 Å². The second-order valence-electron chi connectivity index (χ2n) is 7.36. The molecular formula is C20H25N3O3S. The molecule has 7 heteroatoms. The van der Waals surface area contributed by atoms with Gasteiger partial charge >= 0.3 is 0 Å². The van der Waals surface area contributed by atoms with E-state index in [0.29, 0.717) is 42.5 Å². The van der Waals surface area contributed by atoms with E-state index in [1.165, 1.54) is 11.3 Å². The highest BCUT2D eigenvalue weighted by Crippen LogP contribution is 2.27. The van der Waals surface area contributed by atoms with E-state index in [1.807, 2.05) is 23.6 Å². The van der Waals surface area contributed by atoms with Crippen molar-refractivity contribution in [3.05, 3.63) is 38.7 Å². The smallest absolute Gasteiger partial charge is 0.282 e. The van der Waals surface area contributed by atoms with Gasteiger partial charge in [-0.3, -0.25) is 9.59 Å². The van der Waals surface area contributed by atoms with Crippen LogP contribution in [0.3, 0.4) is 0 Å². The Bertz CT molecular complexity index is 846. The number of hydrogen-bond acceptors (Lipinski definition) is 5. The molecule has 3 heterocycles. The number of thiazole rings is 1. The standard InChI is InChI=1S/C20H25N3O3S/c1-13-12-15(14(2)26-13)19(24)22-8-5-9-23(11-10-22)20(25)18-21-16-6-3-4-7-17(16)27-18/h12H,3-11H2,1-2H3. The van der Waals surface area contributed by atoms with Crippen molar-refractivity contribution in [1.29, 1.82) is 0 Å². The third-order valence-corrected chi connectivity index (χ3v) is 6.52. The van der Waals surface area contributed by atoms with Gasteiger partial charge in [0, 0.05) is 31.1 Å². The van der Waals surface area contributed by atoms with Crippen molar-refractivity contribution in [1.82, 2.24) is 14.8 Å². The first-order chi connectivity index (χ1) is 13.0. The highest BCUT2D eigenvalue weighted by molar-refractivity contribution is 7.13. The van der Waals surface area contributed by atoms with Crippen LogP contribution in [0.25, 0.3) is 0 Å². The van der Waals surface area contributed by atoms with Crippen molar-refractivity contribution in [2.24, 2.45) is 0 Å². The minimum Gasteiger partial charge on any atom is -0.466 e. The highest BCUT2D eigenvalue weighted by Gasteiger charge is 2.27. The number of furan rings is 1. The molecule has 0 N–H and O–H groups in total. The van der Waals surface area contributed by atoms with Gasteiger partial charge in [0.15, 0.2) is 5.01 Å². The van der Waals surface area contributed by atoms with Crippen molar-refractivity contribution < 1.29 is 14.0 Å². The molecule has 0 spiro atoms. The molecule has 2 amide bonds. The fourth-order valence-electron chi connectivity index (χ4n) is 3.92. The first kappa shape index (κ1) is 18.2. The Hall–Kier alpha value is -2.15. The Labute approximate surface area is 163 Å². The third kappa shape index (κ3) is 3.65. The average molecular weight is 388 g/mol. The molecule has 2 aromatic rings. The maximum Gasteiger partial charge on any atom is 0.282 e. The molecule has 0 aromatic carbocycles. The van der Waals surface area contributed by atoms with Crippen molar-refractivity contribution >= 4 is 23.2 Å². The lowest BCUT2D eigenvalue weighted by atomic mass is 10.0. The van der Waals surface area contributed by atoms with Gasteiger partial charge in [0.25, 0.3) is 11.8 Å². The van der Waals surface area contributed by atoms with E-state index >= 15 is 0 Å². The topological polar surface area (TPSA) is 66.7 Å². The molecule has 0 unspecified atom stereocenters. The summed E-state index contributed by atoms with van der Waals surface area (Å²) in [4.78, 5) is 35.3. The van der Waals surface area contributed by atoms with Crippen LogP contribution in [0.5, 0.6) is 0 Å². The van der Waals surface area contributed by atoms with Gasteiger partial charge in [0.05, 0.1) is 11.3 Å². The maximum atomic E-state index is 12.9. The Morgan fingerprint density at radius 1 is 1.00 bits per heavy atom. The van der Waals surface area contributed by atoms with E-state index in [1.54, 1.807) is 17.4 Å². The summed E-state index contributed by atoms with van der Waals surface area (Å²) in [5, 5.41) is 0.614. The third-order valence-electron chi connectivity index (χ3n) is 5.37. The molecule has 144 valence electrons. The number of aromatic nitrogens is 1. The summed E-state index contributed by atoms with van der Waals surface area (Å²) in [5.41, 5.74) is 1.74. The number of nitrogens with zero attached hydrogens (tertiary/aromatic N) is 3. The van der Waals surface area contributed by atoms with Gasteiger partial charge in [0.1, 0.15) is 11.5 Å². The number of hydrogen-bond donors (Lipinski definition) is 0. The van der Waals surface area contributed by atoms with E-state index in [4.69, 9.17) is 4.42 Å². The van der Waals surface area contributed by atoms with Crippen molar-refractivity contribution in [3.63, 3.8) is 0 Å². The molecular weight excluding hydrogens is 362 g/mol. The molecule has 1 aliphatic carbocycles. The number of carbonyl (C=O) groups excluding carboxylic acids is 2. The van der Waals surface area contributed by atoms with Crippen LogP contribution in [-0.2, 0) is 12.8 Å². The number of aryl methyl sites for hydroxylation is 4. The summed E-state index contributed by atoms with van der Waals surface area (Å²) in [7, 11) is 0. The van der Waals surface area contributed by atoms with E-state index in [0.717, 1.165) is 37.1 Å². The number of fused-ring (bicyclic) bond motifs is 1. The fraction of sp³-hybridized carbons (Fsp3) is 0.550. The number of amides is 2. The predicted molar refractivity (Wildman–Crippen MR) is 103 cm³/mol. The van der Waals surface area contributed by atoms with E-state index < -0.39 is 0 Å². The van der Waals surface area contributed by atoms with Crippen LogP contribution < -0.4 is 0 Å². The van der Waals surface area contributed by atoms with Crippen molar-refractivity contribution in [2.45, 2.75) is 46.0 Å². The summed E-state index contributed by atoms with van der Waals surface area (Å²) in [6.45, 7) is 6.07. The largest absolute Gasteiger partial charge is 0.466 e. The zero-order valence-electron chi connectivity index (χ0n) is 15.9. The zero-order chi connectivity index (χ0) is 19.0. The molecule has 2 aromatic heterocycles. The monoisotopic (exact) mass is 387 g/mol. The first-order valence-corrected chi connectivity index (χ1v) is 10.5. The minimum atomic E-state index is -0.0108. The average Bonchev–Trinajstić information content (AvgIpc) is 3.14. The van der Waals surface area contributed by atoms with Gasteiger partial charge in [0.2, 0.25) is 0 Å². The molecule has 1 saturated heterocycles. The lowest BCUT2D eigenvalue weighted by Crippen LogP contribution is -2.37. The van der Waals surface area contributed by atoms with Crippen LogP contribution in [0.15, 0.2) is 10.5 Å². The van der Waals surface area contributed by atoms with Gasteiger partial charge in [-0.05, 0) is 52.0 Å². The normalized spacial score (nSPS) is 17.6. The molecule has 1 fully saturated rings. The summed E-state index contributed by atoms with van der Waals surface area (Å²) in [6.07, 6.45) is 5.17. The lowest BCUT2D eigenvalue weighted by molar-refractivity contribution is 0.0717. The minimum absolute atomic E-state index is 0.0108. The zero-order valence-corrected chi connectivity index (χ0v) is 16.7. The van der Waals surface area contributed by atoms with Crippen LogP contribution in [0.2, 0.25) is 0 Å². The Morgan fingerprint density at radius 2 is 1.70 bits per heavy atom.